The van der Waals surface area contributed by atoms with E-state index in [2.05, 4.69) is 10.6 Å². The van der Waals surface area contributed by atoms with Gasteiger partial charge in [-0.15, -0.1) is 0 Å². The number of nitrogens with one attached hydrogen (secondary N) is 2. The molecule has 1 fully saturated rings. The number of urea groups is 1. The number of rotatable bonds is 7. The molecule has 0 aliphatic carbocycles. The summed E-state index contributed by atoms with van der Waals surface area (Å²) in [6, 6.07) is 14.3. The lowest BCUT2D eigenvalue weighted by atomic mass is 9.93. The molecule has 1 aliphatic heterocycles. The molecule has 1 atom stereocenters. The normalized spacial score (nSPS) is 18.5. The van der Waals surface area contributed by atoms with Gasteiger partial charge in [-0.25, -0.2) is 4.79 Å². The standard InChI is InChI=1S/C22H25N3O4/c1-15-5-4-6-17(13-15)23-19(26)14-25-20(27)22(2,24-21(25)28)12-11-16-7-9-18(29-3)10-8-16/h4-10,13H,11-12,14H2,1-3H3,(H,23,26)(H,24,28)/t22-/m0/s1. The number of carbonyl (C=O) groups is 3. The summed E-state index contributed by atoms with van der Waals surface area (Å²) in [5, 5.41) is 5.46. The van der Waals surface area contributed by atoms with E-state index in [0.717, 1.165) is 21.8 Å². The van der Waals surface area contributed by atoms with E-state index in [4.69, 9.17) is 4.74 Å². The molecule has 0 spiro atoms. The number of ether oxygens (including phenoxy) is 1. The van der Waals surface area contributed by atoms with Crippen molar-refractivity contribution in [2.75, 3.05) is 19.0 Å². The topological polar surface area (TPSA) is 87.7 Å². The SMILES string of the molecule is COc1ccc(CC[C@]2(C)NC(=O)N(CC(=O)Nc3cccc(C)c3)C2=O)cc1. The summed E-state index contributed by atoms with van der Waals surface area (Å²) < 4.78 is 5.14. The van der Waals surface area contributed by atoms with Crippen molar-refractivity contribution in [3.8, 4) is 5.75 Å². The number of carbonyl (C=O) groups excluding carboxylic acids is 3. The van der Waals surface area contributed by atoms with Gasteiger partial charge in [0.2, 0.25) is 5.91 Å². The Labute approximate surface area is 170 Å². The van der Waals surface area contributed by atoms with Crippen LogP contribution in [0.4, 0.5) is 10.5 Å². The summed E-state index contributed by atoms with van der Waals surface area (Å²) in [6.07, 6.45) is 1.04. The van der Waals surface area contributed by atoms with Gasteiger partial charge >= 0.3 is 6.03 Å². The third kappa shape index (κ3) is 4.74. The molecule has 0 aromatic heterocycles. The number of aryl methyl sites for hydroxylation is 2. The fourth-order valence-electron chi connectivity index (χ4n) is 3.31. The summed E-state index contributed by atoms with van der Waals surface area (Å²) in [5.41, 5.74) is 1.62. The van der Waals surface area contributed by atoms with Crippen LogP contribution in [0.3, 0.4) is 0 Å². The Bertz CT molecular complexity index is 926. The number of hydrogen-bond donors (Lipinski definition) is 2. The number of anilines is 1. The van der Waals surface area contributed by atoms with Gasteiger partial charge in [0, 0.05) is 5.69 Å². The zero-order valence-corrected chi connectivity index (χ0v) is 16.8. The summed E-state index contributed by atoms with van der Waals surface area (Å²) >= 11 is 0. The number of methoxy groups -OCH3 is 1. The van der Waals surface area contributed by atoms with E-state index in [1.165, 1.54) is 0 Å². The Morgan fingerprint density at radius 2 is 1.90 bits per heavy atom. The number of imide groups is 1. The molecule has 4 amide bonds. The van der Waals surface area contributed by atoms with Crippen LogP contribution in [0.1, 0.15) is 24.5 Å². The molecule has 1 saturated heterocycles. The van der Waals surface area contributed by atoms with Crippen molar-refractivity contribution in [1.82, 2.24) is 10.2 Å². The Morgan fingerprint density at radius 3 is 2.55 bits per heavy atom. The van der Waals surface area contributed by atoms with Gasteiger partial charge in [0.1, 0.15) is 17.8 Å². The Morgan fingerprint density at radius 1 is 1.17 bits per heavy atom. The molecular formula is C22H25N3O4. The van der Waals surface area contributed by atoms with Crippen LogP contribution in [0.5, 0.6) is 5.75 Å². The average Bonchev–Trinajstić information content (AvgIpc) is 2.90. The second-order valence-corrected chi connectivity index (χ2v) is 7.42. The maximum Gasteiger partial charge on any atom is 0.325 e. The Balaban J connectivity index is 1.60. The summed E-state index contributed by atoms with van der Waals surface area (Å²) in [5.74, 6) is -0.0510. The molecule has 0 radical (unpaired) electrons. The molecule has 1 aliphatic rings. The Hall–Kier alpha value is -3.35. The van der Waals surface area contributed by atoms with Crippen molar-refractivity contribution in [1.29, 1.82) is 0 Å². The van der Waals surface area contributed by atoms with Gasteiger partial charge < -0.3 is 15.4 Å². The molecule has 1 heterocycles. The lowest BCUT2D eigenvalue weighted by molar-refractivity contribution is -0.133. The van der Waals surface area contributed by atoms with E-state index < -0.39 is 23.4 Å². The lowest BCUT2D eigenvalue weighted by Crippen LogP contribution is -2.45. The molecule has 7 heteroatoms. The molecule has 0 saturated carbocycles. The van der Waals surface area contributed by atoms with Crippen LogP contribution in [0.25, 0.3) is 0 Å². The predicted molar refractivity (Wildman–Crippen MR) is 110 cm³/mol. The van der Waals surface area contributed by atoms with Gasteiger partial charge in [0.25, 0.3) is 5.91 Å². The molecule has 7 nitrogen and oxygen atoms in total. The summed E-state index contributed by atoms with van der Waals surface area (Å²) in [4.78, 5) is 38.5. The zero-order chi connectivity index (χ0) is 21.0. The van der Waals surface area contributed by atoms with E-state index in [0.29, 0.717) is 18.5 Å². The lowest BCUT2D eigenvalue weighted by Gasteiger charge is -2.21. The third-order valence-corrected chi connectivity index (χ3v) is 5.02. The molecule has 2 aromatic rings. The molecule has 0 bridgehead atoms. The fraction of sp³-hybridized carbons (Fsp3) is 0.318. The quantitative estimate of drug-likeness (QED) is 0.706. The number of nitrogens with zero attached hydrogens (tertiary/aromatic N) is 1. The van der Waals surface area contributed by atoms with Gasteiger partial charge in [0.05, 0.1) is 7.11 Å². The van der Waals surface area contributed by atoms with Crippen molar-refractivity contribution < 1.29 is 19.1 Å². The maximum absolute atomic E-state index is 12.8. The van der Waals surface area contributed by atoms with Crippen molar-refractivity contribution in [3.05, 3.63) is 59.7 Å². The van der Waals surface area contributed by atoms with E-state index in [9.17, 15) is 14.4 Å². The van der Waals surface area contributed by atoms with Gasteiger partial charge in [0.15, 0.2) is 0 Å². The van der Waals surface area contributed by atoms with Crippen molar-refractivity contribution in [2.45, 2.75) is 32.2 Å². The van der Waals surface area contributed by atoms with Gasteiger partial charge in [-0.2, -0.15) is 0 Å². The number of hydrogen-bond acceptors (Lipinski definition) is 4. The van der Waals surface area contributed by atoms with Gasteiger partial charge in [-0.1, -0.05) is 24.3 Å². The van der Waals surface area contributed by atoms with Crippen LogP contribution < -0.4 is 15.4 Å². The molecule has 2 N–H and O–H groups in total. The highest BCUT2D eigenvalue weighted by atomic mass is 16.5. The second kappa shape index (κ2) is 8.34. The van der Waals surface area contributed by atoms with E-state index in [1.807, 2.05) is 49.4 Å². The molecule has 2 aromatic carbocycles. The number of benzene rings is 2. The van der Waals surface area contributed by atoms with Crippen LogP contribution in [-0.4, -0.2) is 41.9 Å². The number of amides is 4. The third-order valence-electron chi connectivity index (χ3n) is 5.02. The highest BCUT2D eigenvalue weighted by Crippen LogP contribution is 2.24. The first kappa shape index (κ1) is 20.4. The summed E-state index contributed by atoms with van der Waals surface area (Å²) in [7, 11) is 1.60. The first-order chi connectivity index (χ1) is 13.8. The van der Waals surface area contributed by atoms with Gasteiger partial charge in [-0.3, -0.25) is 14.5 Å². The van der Waals surface area contributed by atoms with Crippen LogP contribution in [0, 0.1) is 6.92 Å². The minimum absolute atomic E-state index is 0.323. The molecule has 3 rings (SSSR count). The minimum Gasteiger partial charge on any atom is -0.497 e. The fourth-order valence-corrected chi connectivity index (χ4v) is 3.31. The molecular weight excluding hydrogens is 370 g/mol. The molecule has 152 valence electrons. The second-order valence-electron chi connectivity index (χ2n) is 7.42. The zero-order valence-electron chi connectivity index (χ0n) is 16.8. The van der Waals surface area contributed by atoms with Crippen LogP contribution >= 0.6 is 0 Å². The van der Waals surface area contributed by atoms with Crippen molar-refractivity contribution in [3.63, 3.8) is 0 Å². The van der Waals surface area contributed by atoms with Crippen LogP contribution in [-0.2, 0) is 16.0 Å². The Kier molecular flexibility index (Phi) is 5.87. The van der Waals surface area contributed by atoms with E-state index in [1.54, 1.807) is 20.1 Å². The largest absolute Gasteiger partial charge is 0.497 e. The first-order valence-corrected chi connectivity index (χ1v) is 9.44. The van der Waals surface area contributed by atoms with Crippen LogP contribution in [0.2, 0.25) is 0 Å². The molecule has 29 heavy (non-hydrogen) atoms. The average molecular weight is 395 g/mol. The highest BCUT2D eigenvalue weighted by molar-refractivity contribution is 6.09. The first-order valence-electron chi connectivity index (χ1n) is 9.44. The van der Waals surface area contributed by atoms with E-state index >= 15 is 0 Å². The highest BCUT2D eigenvalue weighted by Gasteiger charge is 2.47. The smallest absolute Gasteiger partial charge is 0.325 e. The van der Waals surface area contributed by atoms with E-state index in [-0.39, 0.29) is 6.54 Å². The van der Waals surface area contributed by atoms with Crippen LogP contribution in [0.15, 0.2) is 48.5 Å². The maximum atomic E-state index is 12.8. The van der Waals surface area contributed by atoms with Gasteiger partial charge in [-0.05, 0) is 62.1 Å². The van der Waals surface area contributed by atoms with Crippen molar-refractivity contribution >= 4 is 23.5 Å². The summed E-state index contributed by atoms with van der Waals surface area (Å²) in [6.45, 7) is 3.29. The molecule has 0 unspecified atom stereocenters. The predicted octanol–water partition coefficient (Wildman–Crippen LogP) is 2.89. The minimum atomic E-state index is -1.04. The van der Waals surface area contributed by atoms with Crippen molar-refractivity contribution in [2.24, 2.45) is 0 Å². The monoisotopic (exact) mass is 395 g/mol.